The Kier molecular flexibility index (Phi) is 18.3. The number of rotatable bonds is 14. The van der Waals surface area contributed by atoms with Crippen molar-refractivity contribution in [1.82, 2.24) is 9.97 Å². The predicted octanol–water partition coefficient (Wildman–Crippen LogP) is 10.7. The van der Waals surface area contributed by atoms with E-state index < -0.39 is 35.1 Å². The van der Waals surface area contributed by atoms with Crippen LogP contribution in [0.15, 0.2) is 104 Å². The standard InChI is InChI=1S/C24H25FN2O7S.C17H20FNO3.C7H6ClNO4S/c1-15-6-11-21(13-23(15)27(28)29)35(30,31)34-20-5-3-4-19(12-20)32-14-22-16(2)33-24(26-22)17-7-9-18(25)10-8-17;1-11-16(10-21-15-4-2-3-14(20)9-15)19-17(22-11)12-5-7-13(18)8-6-12;1-5-2-3-6(14(8,12)13)4-7(5)9(10)11/h6-11,13,19-20H,3-5,12,14H2,1-2H3;5-8,14-15,20H,2-4,9-10H2,1H3;2-4H,1H3. The van der Waals surface area contributed by atoms with Crippen molar-refractivity contribution >= 4 is 41.2 Å². The molecule has 6 aromatic rings. The zero-order chi connectivity index (χ0) is 51.6. The van der Waals surface area contributed by atoms with Crippen molar-refractivity contribution in [2.75, 3.05) is 0 Å². The number of aryl methyl sites for hydroxylation is 4. The largest absolute Gasteiger partial charge is 0.441 e. The second kappa shape index (κ2) is 23.9. The van der Waals surface area contributed by atoms with Crippen LogP contribution >= 0.6 is 10.7 Å². The number of hydrogen-bond acceptors (Lipinski definition) is 16. The number of nitrogens with zero attached hydrogens (tertiary/aromatic N) is 4. The van der Waals surface area contributed by atoms with E-state index in [4.69, 9.17) is 33.2 Å². The molecule has 2 aliphatic carbocycles. The van der Waals surface area contributed by atoms with Gasteiger partial charge in [-0.05, 0) is 133 Å². The number of nitro benzene ring substituents is 2. The zero-order valence-corrected chi connectivity index (χ0v) is 41.3. The molecule has 2 fully saturated rings. The quantitative estimate of drug-likeness (QED) is 0.0460. The van der Waals surface area contributed by atoms with E-state index in [-0.39, 0.29) is 57.7 Å². The fraction of sp³-hybridized carbons (Fsp3) is 0.375. The molecular formula is C48H51ClF2N4O14S2. The number of halogens is 3. The van der Waals surface area contributed by atoms with E-state index in [1.54, 1.807) is 31.2 Å². The molecule has 23 heteroatoms. The molecule has 18 nitrogen and oxygen atoms in total. The molecule has 0 radical (unpaired) electrons. The van der Waals surface area contributed by atoms with Gasteiger partial charge in [0.25, 0.3) is 30.5 Å². The van der Waals surface area contributed by atoms with Crippen molar-refractivity contribution in [3.8, 4) is 22.9 Å². The van der Waals surface area contributed by atoms with Crippen LogP contribution in [-0.4, -0.2) is 66.2 Å². The molecule has 1 N–H and O–H groups in total. The summed E-state index contributed by atoms with van der Waals surface area (Å²) in [4.78, 5) is 28.7. The Labute approximate surface area is 412 Å². The molecule has 380 valence electrons. The molecule has 2 aliphatic rings. The van der Waals surface area contributed by atoms with Gasteiger partial charge in [-0.1, -0.05) is 12.1 Å². The number of hydrogen-bond donors (Lipinski definition) is 1. The molecule has 8 rings (SSSR count). The Bertz CT molecular complexity index is 3040. The maximum absolute atomic E-state index is 13.2. The second-order valence-corrected chi connectivity index (χ2v) is 21.1. The summed E-state index contributed by atoms with van der Waals surface area (Å²) >= 11 is 0. The first-order valence-corrected chi connectivity index (χ1v) is 26.0. The Hall–Kier alpha value is -6.01. The summed E-state index contributed by atoms with van der Waals surface area (Å²) in [6.07, 6.45) is 4.80. The first-order chi connectivity index (χ1) is 33.6. The normalized spacial score (nSPS) is 18.1. The van der Waals surface area contributed by atoms with Crippen LogP contribution < -0.4 is 0 Å². The summed E-state index contributed by atoms with van der Waals surface area (Å²) in [6, 6.07) is 19.1. The van der Waals surface area contributed by atoms with Crippen LogP contribution in [0.3, 0.4) is 0 Å². The van der Waals surface area contributed by atoms with Gasteiger partial charge in [0, 0.05) is 51.5 Å². The zero-order valence-electron chi connectivity index (χ0n) is 39.0. The average Bonchev–Trinajstić information content (AvgIpc) is 3.88. The van der Waals surface area contributed by atoms with Crippen LogP contribution in [0.2, 0.25) is 0 Å². The van der Waals surface area contributed by atoms with Gasteiger partial charge >= 0.3 is 0 Å². The number of nitro groups is 2. The molecule has 0 saturated heterocycles. The Balaban J connectivity index is 0.000000194. The van der Waals surface area contributed by atoms with E-state index >= 15 is 0 Å². The smallest absolute Gasteiger partial charge is 0.297 e. The minimum atomic E-state index is -4.17. The highest BCUT2D eigenvalue weighted by Gasteiger charge is 2.30. The molecule has 0 spiro atoms. The molecule has 4 atom stereocenters. The molecule has 2 saturated carbocycles. The van der Waals surface area contributed by atoms with Gasteiger partial charge in [-0.15, -0.1) is 0 Å². The van der Waals surface area contributed by atoms with E-state index in [2.05, 4.69) is 9.97 Å². The highest BCUT2D eigenvalue weighted by Crippen LogP contribution is 2.31. The molecule has 2 heterocycles. The summed E-state index contributed by atoms with van der Waals surface area (Å²) < 4.78 is 102. The Morgan fingerprint density at radius 2 is 1.07 bits per heavy atom. The minimum absolute atomic E-state index is 0.0779. The highest BCUT2D eigenvalue weighted by molar-refractivity contribution is 8.13. The fourth-order valence-electron chi connectivity index (χ4n) is 7.68. The minimum Gasteiger partial charge on any atom is -0.441 e. The molecule has 0 aliphatic heterocycles. The van der Waals surface area contributed by atoms with Gasteiger partial charge in [0.05, 0.1) is 52.4 Å². The van der Waals surface area contributed by atoms with Crippen molar-refractivity contribution in [1.29, 1.82) is 0 Å². The van der Waals surface area contributed by atoms with E-state index in [0.29, 0.717) is 78.0 Å². The Morgan fingerprint density at radius 3 is 1.52 bits per heavy atom. The van der Waals surface area contributed by atoms with Gasteiger partial charge in [-0.3, -0.25) is 24.4 Å². The van der Waals surface area contributed by atoms with Crippen molar-refractivity contribution in [3.63, 3.8) is 0 Å². The number of aromatic nitrogens is 2. The van der Waals surface area contributed by atoms with Gasteiger partial charge < -0.3 is 23.4 Å². The third kappa shape index (κ3) is 15.2. The molecule has 4 aromatic carbocycles. The maximum atomic E-state index is 13.2. The van der Waals surface area contributed by atoms with E-state index in [0.717, 1.165) is 49.1 Å². The van der Waals surface area contributed by atoms with E-state index in [1.165, 1.54) is 62.4 Å². The third-order valence-electron chi connectivity index (χ3n) is 11.6. The summed E-state index contributed by atoms with van der Waals surface area (Å²) in [6.45, 7) is 7.20. The lowest BCUT2D eigenvalue weighted by Gasteiger charge is -2.28. The number of aliphatic hydroxyl groups excluding tert-OH is 1. The van der Waals surface area contributed by atoms with E-state index in [9.17, 15) is 51.0 Å². The Morgan fingerprint density at radius 1 is 0.648 bits per heavy atom. The first kappa shape index (κ1) is 54.3. The average molecular weight is 1050 g/mol. The lowest BCUT2D eigenvalue weighted by molar-refractivity contribution is -0.385. The van der Waals surface area contributed by atoms with Crippen LogP contribution in [-0.2, 0) is 46.0 Å². The van der Waals surface area contributed by atoms with Crippen LogP contribution in [0.25, 0.3) is 22.9 Å². The molecule has 0 bridgehead atoms. The van der Waals surface area contributed by atoms with Gasteiger partial charge in [-0.25, -0.2) is 27.2 Å². The molecule has 0 amide bonds. The monoisotopic (exact) mass is 1040 g/mol. The lowest BCUT2D eigenvalue weighted by Crippen LogP contribution is -2.30. The van der Waals surface area contributed by atoms with Gasteiger partial charge in [-0.2, -0.15) is 8.42 Å². The number of ether oxygens (including phenoxy) is 2. The summed E-state index contributed by atoms with van der Waals surface area (Å²) in [5.41, 5.74) is 2.96. The maximum Gasteiger partial charge on any atom is 0.297 e. The third-order valence-corrected chi connectivity index (χ3v) is 14.4. The number of aliphatic hydroxyl groups is 1. The summed E-state index contributed by atoms with van der Waals surface area (Å²) in [5.74, 6) is 1.49. The molecule has 71 heavy (non-hydrogen) atoms. The second-order valence-electron chi connectivity index (χ2n) is 16.9. The van der Waals surface area contributed by atoms with Crippen molar-refractivity contribution in [2.24, 2.45) is 0 Å². The number of oxazole rings is 2. The predicted molar refractivity (Wildman–Crippen MR) is 254 cm³/mol. The van der Waals surface area contributed by atoms with Gasteiger partial charge in [0.15, 0.2) is 0 Å². The SMILES string of the molecule is Cc1ccc(S(=O)(=O)Cl)cc1[N+](=O)[O-].Cc1ccc(S(=O)(=O)OC2CCCC(OCc3nc(-c4ccc(F)cc4)oc3C)C2)cc1[N+](=O)[O-].Cc1oc(-c2ccc(F)cc2)nc1COC1CCCC(O)C1. The van der Waals surface area contributed by atoms with Crippen LogP contribution in [0.1, 0.15) is 85.4 Å². The topological polar surface area (TPSA) is 255 Å². The van der Waals surface area contributed by atoms with Crippen molar-refractivity contribution < 1.29 is 63.1 Å². The van der Waals surface area contributed by atoms with Crippen molar-refractivity contribution in [2.45, 2.75) is 126 Å². The van der Waals surface area contributed by atoms with Crippen LogP contribution in [0.5, 0.6) is 0 Å². The highest BCUT2D eigenvalue weighted by atomic mass is 35.7. The first-order valence-electron chi connectivity index (χ1n) is 22.3. The van der Waals surface area contributed by atoms with Crippen molar-refractivity contribution in [3.05, 3.63) is 151 Å². The lowest BCUT2D eigenvalue weighted by atomic mass is 9.95. The summed E-state index contributed by atoms with van der Waals surface area (Å²) in [7, 11) is -3.05. The molecular weight excluding hydrogens is 994 g/mol. The van der Waals surface area contributed by atoms with Gasteiger partial charge in [0.1, 0.15) is 39.4 Å². The van der Waals surface area contributed by atoms with Crippen LogP contribution in [0.4, 0.5) is 20.2 Å². The van der Waals surface area contributed by atoms with Crippen LogP contribution in [0, 0.1) is 59.6 Å². The number of benzene rings is 4. The molecule has 4 unspecified atom stereocenters. The fourth-order valence-corrected chi connectivity index (χ4v) is 9.58. The van der Waals surface area contributed by atoms with E-state index in [1.807, 2.05) is 6.92 Å². The molecule has 2 aromatic heterocycles. The van der Waals surface area contributed by atoms with Gasteiger partial charge in [0.2, 0.25) is 11.8 Å². The summed E-state index contributed by atoms with van der Waals surface area (Å²) in [5, 5.41) is 31.3.